The number of hydrogen-bond acceptors (Lipinski definition) is 3. The number of hydrogen-bond donors (Lipinski definition) is 1. The summed E-state index contributed by atoms with van der Waals surface area (Å²) in [5.74, 6) is -0.181. The van der Waals surface area contributed by atoms with E-state index in [1.807, 2.05) is 26.0 Å². The average Bonchev–Trinajstić information content (AvgIpc) is 2.31. The number of ether oxygens (including phenoxy) is 1. The molecule has 0 saturated carbocycles. The first-order valence-corrected chi connectivity index (χ1v) is 6.45. The first-order chi connectivity index (χ1) is 8.61. The number of morpholine rings is 1. The topological polar surface area (TPSA) is 38.5 Å². The van der Waals surface area contributed by atoms with Crippen molar-refractivity contribution in [1.29, 1.82) is 0 Å². The number of halogens is 1. The van der Waals surface area contributed by atoms with E-state index in [-0.39, 0.29) is 24.1 Å². The van der Waals surface area contributed by atoms with Gasteiger partial charge < -0.3 is 10.5 Å². The van der Waals surface area contributed by atoms with Crippen LogP contribution in [-0.2, 0) is 4.74 Å². The zero-order chi connectivity index (χ0) is 13.1. The summed E-state index contributed by atoms with van der Waals surface area (Å²) in [5, 5.41) is 0. The second kappa shape index (κ2) is 5.78. The Balaban J connectivity index is 2.20. The van der Waals surface area contributed by atoms with Gasteiger partial charge in [-0.2, -0.15) is 0 Å². The Labute approximate surface area is 108 Å². The third kappa shape index (κ3) is 2.88. The molecule has 3 nitrogen and oxygen atoms in total. The summed E-state index contributed by atoms with van der Waals surface area (Å²) in [6.07, 6.45) is 0.323. The second-order valence-corrected chi connectivity index (χ2v) is 4.98. The molecule has 1 aliphatic rings. The van der Waals surface area contributed by atoms with Gasteiger partial charge in [0.1, 0.15) is 5.82 Å². The van der Waals surface area contributed by atoms with Gasteiger partial charge in [-0.3, -0.25) is 4.90 Å². The van der Waals surface area contributed by atoms with Crippen molar-refractivity contribution < 1.29 is 9.13 Å². The standard InChI is InChI=1S/C14H21FN2O/c1-10-8-17(9-11(2)18-10)14(7-16)12-5-3-4-6-13(12)15/h3-6,10-11,14H,7-9,16H2,1-2H3/t10-,11+,14-/m0/s1. The number of benzene rings is 1. The highest BCUT2D eigenvalue weighted by atomic mass is 19.1. The van der Waals surface area contributed by atoms with Crippen LogP contribution in [0.2, 0.25) is 0 Å². The van der Waals surface area contributed by atoms with Crippen LogP contribution in [0.1, 0.15) is 25.5 Å². The second-order valence-electron chi connectivity index (χ2n) is 4.98. The molecule has 2 rings (SSSR count). The Bertz CT molecular complexity index is 389. The first-order valence-electron chi connectivity index (χ1n) is 6.45. The van der Waals surface area contributed by atoms with E-state index in [1.54, 1.807) is 6.07 Å². The molecule has 4 heteroatoms. The van der Waals surface area contributed by atoms with Gasteiger partial charge in [0.2, 0.25) is 0 Å². The minimum absolute atomic E-state index is 0.0694. The lowest BCUT2D eigenvalue weighted by atomic mass is 10.0. The molecular weight excluding hydrogens is 231 g/mol. The predicted octanol–water partition coefficient (Wildman–Crippen LogP) is 1.93. The number of rotatable bonds is 3. The number of nitrogens with two attached hydrogens (primary N) is 1. The van der Waals surface area contributed by atoms with Crippen LogP contribution in [0.5, 0.6) is 0 Å². The molecule has 0 aliphatic carbocycles. The summed E-state index contributed by atoms with van der Waals surface area (Å²) >= 11 is 0. The smallest absolute Gasteiger partial charge is 0.128 e. The molecule has 1 saturated heterocycles. The van der Waals surface area contributed by atoms with Crippen molar-refractivity contribution in [2.45, 2.75) is 32.1 Å². The van der Waals surface area contributed by atoms with Crippen LogP contribution >= 0.6 is 0 Å². The lowest BCUT2D eigenvalue weighted by Crippen LogP contribution is -2.48. The van der Waals surface area contributed by atoms with Crippen molar-refractivity contribution in [1.82, 2.24) is 4.90 Å². The van der Waals surface area contributed by atoms with Crippen LogP contribution < -0.4 is 5.73 Å². The molecule has 1 aliphatic heterocycles. The maximum atomic E-state index is 13.9. The van der Waals surface area contributed by atoms with E-state index in [2.05, 4.69) is 4.90 Å². The molecule has 2 N–H and O–H groups in total. The Morgan fingerprint density at radius 3 is 2.50 bits per heavy atom. The minimum atomic E-state index is -0.181. The molecule has 0 spiro atoms. The molecule has 3 atom stereocenters. The molecule has 0 amide bonds. The van der Waals surface area contributed by atoms with E-state index in [1.165, 1.54) is 6.07 Å². The summed E-state index contributed by atoms with van der Waals surface area (Å²) in [6, 6.07) is 6.80. The van der Waals surface area contributed by atoms with Gasteiger partial charge in [-0.15, -0.1) is 0 Å². The maximum Gasteiger partial charge on any atom is 0.128 e. The molecule has 1 heterocycles. The molecule has 0 bridgehead atoms. The Morgan fingerprint density at radius 1 is 1.33 bits per heavy atom. The third-order valence-electron chi connectivity index (χ3n) is 3.38. The van der Waals surface area contributed by atoms with Crippen molar-refractivity contribution in [3.63, 3.8) is 0 Å². The quantitative estimate of drug-likeness (QED) is 0.893. The van der Waals surface area contributed by atoms with Crippen molar-refractivity contribution in [3.8, 4) is 0 Å². The van der Waals surface area contributed by atoms with Crippen molar-refractivity contribution in [3.05, 3.63) is 35.6 Å². The predicted molar refractivity (Wildman–Crippen MR) is 69.8 cm³/mol. The Hall–Kier alpha value is -0.970. The van der Waals surface area contributed by atoms with Crippen LogP contribution in [0, 0.1) is 5.82 Å². The molecule has 0 radical (unpaired) electrons. The fourth-order valence-corrected chi connectivity index (χ4v) is 2.69. The van der Waals surface area contributed by atoms with Crippen LogP contribution in [-0.4, -0.2) is 36.7 Å². The van der Waals surface area contributed by atoms with E-state index < -0.39 is 0 Å². The summed E-state index contributed by atoms with van der Waals surface area (Å²) in [6.45, 7) is 6.08. The fourth-order valence-electron chi connectivity index (χ4n) is 2.69. The van der Waals surface area contributed by atoms with Crippen LogP contribution in [0.4, 0.5) is 4.39 Å². The fraction of sp³-hybridized carbons (Fsp3) is 0.571. The monoisotopic (exact) mass is 252 g/mol. The Kier molecular flexibility index (Phi) is 4.32. The van der Waals surface area contributed by atoms with Crippen molar-refractivity contribution >= 4 is 0 Å². The molecule has 18 heavy (non-hydrogen) atoms. The SMILES string of the molecule is C[C@@H]1CN([C@@H](CN)c2ccccc2F)C[C@H](C)O1. The van der Waals surface area contributed by atoms with E-state index in [0.717, 1.165) is 13.1 Å². The van der Waals surface area contributed by atoms with Gasteiger partial charge in [0.05, 0.1) is 18.2 Å². The highest BCUT2D eigenvalue weighted by Crippen LogP contribution is 2.25. The van der Waals surface area contributed by atoms with Gasteiger partial charge in [0.15, 0.2) is 0 Å². The van der Waals surface area contributed by atoms with Crippen LogP contribution in [0.25, 0.3) is 0 Å². The van der Waals surface area contributed by atoms with Crippen LogP contribution in [0.3, 0.4) is 0 Å². The number of nitrogens with zero attached hydrogens (tertiary/aromatic N) is 1. The van der Waals surface area contributed by atoms with E-state index in [4.69, 9.17) is 10.5 Å². The zero-order valence-corrected chi connectivity index (χ0v) is 11.0. The molecule has 1 aromatic rings. The van der Waals surface area contributed by atoms with Gasteiger partial charge in [0, 0.05) is 25.2 Å². The Morgan fingerprint density at radius 2 is 1.94 bits per heavy atom. The molecule has 1 aromatic carbocycles. The van der Waals surface area contributed by atoms with E-state index in [0.29, 0.717) is 12.1 Å². The van der Waals surface area contributed by atoms with Gasteiger partial charge in [-0.1, -0.05) is 18.2 Å². The van der Waals surface area contributed by atoms with Gasteiger partial charge in [-0.05, 0) is 19.9 Å². The van der Waals surface area contributed by atoms with E-state index >= 15 is 0 Å². The lowest BCUT2D eigenvalue weighted by Gasteiger charge is -2.40. The van der Waals surface area contributed by atoms with Crippen molar-refractivity contribution in [2.24, 2.45) is 5.73 Å². The molecule has 0 aromatic heterocycles. The van der Waals surface area contributed by atoms with Gasteiger partial charge in [-0.25, -0.2) is 4.39 Å². The first kappa shape index (κ1) is 13.5. The summed E-state index contributed by atoms with van der Waals surface area (Å²) < 4.78 is 19.6. The van der Waals surface area contributed by atoms with Gasteiger partial charge in [0.25, 0.3) is 0 Å². The maximum absolute atomic E-state index is 13.9. The minimum Gasteiger partial charge on any atom is -0.373 e. The molecule has 100 valence electrons. The summed E-state index contributed by atoms with van der Waals surface area (Å²) in [5.41, 5.74) is 6.53. The van der Waals surface area contributed by atoms with Gasteiger partial charge >= 0.3 is 0 Å². The zero-order valence-electron chi connectivity index (χ0n) is 11.0. The molecule has 1 fully saturated rings. The summed E-state index contributed by atoms with van der Waals surface area (Å²) in [4.78, 5) is 2.22. The normalized spacial score (nSPS) is 27.1. The average molecular weight is 252 g/mol. The largest absolute Gasteiger partial charge is 0.373 e. The molecule has 0 unspecified atom stereocenters. The van der Waals surface area contributed by atoms with E-state index in [9.17, 15) is 4.39 Å². The molecular formula is C14H21FN2O. The summed E-state index contributed by atoms with van der Waals surface area (Å²) in [7, 11) is 0. The van der Waals surface area contributed by atoms with Crippen LogP contribution in [0.15, 0.2) is 24.3 Å². The third-order valence-corrected chi connectivity index (χ3v) is 3.38. The highest BCUT2D eigenvalue weighted by Gasteiger charge is 2.29. The lowest BCUT2D eigenvalue weighted by molar-refractivity contribution is -0.0802. The van der Waals surface area contributed by atoms with Crippen molar-refractivity contribution in [2.75, 3.05) is 19.6 Å². The highest BCUT2D eigenvalue weighted by molar-refractivity contribution is 5.22.